The minimum Gasteiger partial charge on any atom is -0.352 e. The van der Waals surface area contributed by atoms with Crippen molar-refractivity contribution < 1.29 is 18.0 Å². The maximum Gasteiger partial charge on any atom is 0.312 e. The second-order valence-corrected chi connectivity index (χ2v) is 8.92. The van der Waals surface area contributed by atoms with Gasteiger partial charge in [0.1, 0.15) is 0 Å². The summed E-state index contributed by atoms with van der Waals surface area (Å²) < 4.78 is 28.9. The first kappa shape index (κ1) is 21.4. The molecule has 28 heavy (non-hydrogen) atoms. The number of carbonyl (C=O) groups is 2. The van der Waals surface area contributed by atoms with Crippen LogP contribution in [0.3, 0.4) is 0 Å². The smallest absolute Gasteiger partial charge is 0.312 e. The van der Waals surface area contributed by atoms with Gasteiger partial charge in [-0.1, -0.05) is 19.1 Å². The van der Waals surface area contributed by atoms with Crippen LogP contribution in [0.5, 0.6) is 0 Å². The van der Waals surface area contributed by atoms with Gasteiger partial charge in [-0.3, -0.25) is 9.48 Å². The Morgan fingerprint density at radius 2 is 1.79 bits per heavy atom. The van der Waals surface area contributed by atoms with Crippen molar-refractivity contribution in [2.24, 2.45) is 5.73 Å². The third-order valence-electron chi connectivity index (χ3n) is 4.01. The predicted molar refractivity (Wildman–Crippen MR) is 104 cm³/mol. The lowest BCUT2D eigenvalue weighted by molar-refractivity contribution is 0.0980. The molecule has 4 N–H and O–H groups in total. The minimum atomic E-state index is -4.06. The fourth-order valence-electron chi connectivity index (χ4n) is 2.69. The number of urea groups is 1. The quantitative estimate of drug-likeness (QED) is 0.666. The van der Waals surface area contributed by atoms with Crippen molar-refractivity contribution in [3.8, 4) is 0 Å². The van der Waals surface area contributed by atoms with E-state index in [1.165, 1.54) is 30.5 Å². The summed E-state index contributed by atoms with van der Waals surface area (Å²) in [7, 11) is -4.06. The number of carbonyl (C=O) groups excluding carboxylic acids is 2. The largest absolute Gasteiger partial charge is 0.352 e. The van der Waals surface area contributed by atoms with Crippen molar-refractivity contribution >= 4 is 22.0 Å². The molecule has 10 heteroatoms. The molecule has 0 fully saturated rings. The molecule has 1 aromatic heterocycles. The first-order valence-corrected chi connectivity index (χ1v) is 10.2. The Balaban J connectivity index is 2.21. The van der Waals surface area contributed by atoms with Crippen molar-refractivity contribution in [1.29, 1.82) is 0 Å². The number of aromatic nitrogens is 2. The van der Waals surface area contributed by atoms with Crippen LogP contribution >= 0.6 is 0 Å². The molecule has 0 aliphatic carbocycles. The van der Waals surface area contributed by atoms with E-state index in [0.717, 1.165) is 0 Å². The summed E-state index contributed by atoms with van der Waals surface area (Å²) in [4.78, 5) is 23.3. The Kier molecular flexibility index (Phi) is 6.13. The highest BCUT2D eigenvalue weighted by Gasteiger charge is 2.26. The zero-order chi connectivity index (χ0) is 21.1. The van der Waals surface area contributed by atoms with Crippen molar-refractivity contribution in [2.75, 3.05) is 0 Å². The van der Waals surface area contributed by atoms with Crippen LogP contribution < -0.4 is 15.8 Å². The van der Waals surface area contributed by atoms with Crippen LogP contribution in [0.2, 0.25) is 0 Å². The van der Waals surface area contributed by atoms with Gasteiger partial charge >= 0.3 is 6.03 Å². The lowest BCUT2D eigenvalue weighted by atomic mass is 10.1. The summed E-state index contributed by atoms with van der Waals surface area (Å²) >= 11 is 0. The molecule has 0 radical (unpaired) electrons. The Hall–Kier alpha value is -2.88. The molecule has 9 nitrogen and oxygen atoms in total. The highest BCUT2D eigenvalue weighted by molar-refractivity contribution is 7.90. The Morgan fingerprint density at radius 3 is 2.29 bits per heavy atom. The minimum absolute atomic E-state index is 0.0649. The average Bonchev–Trinajstić information content (AvgIpc) is 3.04. The highest BCUT2D eigenvalue weighted by Crippen LogP contribution is 2.20. The van der Waals surface area contributed by atoms with Crippen molar-refractivity contribution in [1.82, 2.24) is 19.8 Å². The first-order chi connectivity index (χ1) is 13.0. The van der Waals surface area contributed by atoms with E-state index in [2.05, 4.69) is 15.1 Å². The summed E-state index contributed by atoms with van der Waals surface area (Å²) in [6.45, 7) is 7.90. The average molecular weight is 407 g/mol. The lowest BCUT2D eigenvalue weighted by Crippen LogP contribution is -2.32. The normalized spacial score (nSPS) is 11.9. The maximum absolute atomic E-state index is 12.6. The molecular formula is C18H25N5O4S. The zero-order valence-corrected chi connectivity index (χ0v) is 17.1. The lowest BCUT2D eigenvalue weighted by Gasteiger charge is -2.22. The monoisotopic (exact) mass is 407 g/mol. The van der Waals surface area contributed by atoms with Gasteiger partial charge in [0.15, 0.2) is 0 Å². The second kappa shape index (κ2) is 8.01. The van der Waals surface area contributed by atoms with E-state index in [1.54, 1.807) is 4.68 Å². The Bertz CT molecular complexity index is 972. The number of sulfonamides is 1. The van der Waals surface area contributed by atoms with Crippen LogP contribution in [0.1, 0.15) is 49.3 Å². The van der Waals surface area contributed by atoms with Gasteiger partial charge in [0, 0.05) is 6.54 Å². The highest BCUT2D eigenvalue weighted by atomic mass is 32.2. The first-order valence-electron chi connectivity index (χ1n) is 8.72. The Morgan fingerprint density at radius 1 is 1.18 bits per heavy atom. The molecule has 0 unspecified atom stereocenters. The molecular weight excluding hydrogens is 382 g/mol. The van der Waals surface area contributed by atoms with Crippen LogP contribution in [-0.2, 0) is 28.5 Å². The van der Waals surface area contributed by atoms with Crippen LogP contribution in [0.15, 0.2) is 35.4 Å². The van der Waals surface area contributed by atoms with Crippen molar-refractivity contribution in [2.45, 2.75) is 51.1 Å². The number of nitrogens with one attached hydrogen (secondary N) is 2. The van der Waals surface area contributed by atoms with Gasteiger partial charge < -0.3 is 11.1 Å². The van der Waals surface area contributed by atoms with Crippen molar-refractivity contribution in [3.63, 3.8) is 0 Å². The molecule has 0 saturated carbocycles. The van der Waals surface area contributed by atoms with Gasteiger partial charge in [0.2, 0.25) is 0 Å². The summed E-state index contributed by atoms with van der Waals surface area (Å²) in [6.07, 6.45) is 1.91. The van der Waals surface area contributed by atoms with Gasteiger partial charge in [-0.2, -0.15) is 5.10 Å². The van der Waals surface area contributed by atoms with Crippen LogP contribution in [0, 0.1) is 0 Å². The number of amides is 3. The predicted octanol–water partition coefficient (Wildman–Crippen LogP) is 1.49. The summed E-state index contributed by atoms with van der Waals surface area (Å²) in [6, 6.07) is 5.10. The number of hydrogen-bond donors (Lipinski definition) is 3. The molecule has 0 saturated heterocycles. The molecule has 2 aromatic rings. The van der Waals surface area contributed by atoms with E-state index >= 15 is 0 Å². The van der Waals surface area contributed by atoms with Crippen LogP contribution in [0.25, 0.3) is 0 Å². The van der Waals surface area contributed by atoms with Gasteiger partial charge in [0.05, 0.1) is 27.9 Å². The van der Waals surface area contributed by atoms with Crippen LogP contribution in [-0.4, -0.2) is 30.1 Å². The molecule has 0 atom stereocenters. The fraction of sp³-hybridized carbons (Fsp3) is 0.389. The van der Waals surface area contributed by atoms with E-state index in [9.17, 15) is 18.0 Å². The van der Waals surface area contributed by atoms with E-state index in [4.69, 9.17) is 5.73 Å². The summed E-state index contributed by atoms with van der Waals surface area (Å²) in [5, 5.41) is 6.66. The molecule has 3 amide bonds. The SMILES string of the molecule is CCc1c(C(=O)NS(=O)(=O)c2ccc(CNC(N)=O)cc2)cnn1C(C)(C)C. The molecule has 0 spiro atoms. The number of nitrogens with two attached hydrogens (primary N) is 1. The van der Waals surface area contributed by atoms with Crippen LogP contribution in [0.4, 0.5) is 4.79 Å². The standard InChI is InChI=1S/C18H25N5O4S/c1-5-15-14(11-21-23(15)18(2,3)4)16(24)22-28(26,27)13-8-6-12(7-9-13)10-20-17(19)25/h6-9,11H,5,10H2,1-4H3,(H,22,24)(H3,19,20,25). The maximum atomic E-state index is 12.6. The molecule has 1 aromatic carbocycles. The van der Waals surface area contributed by atoms with E-state index in [1.807, 2.05) is 27.7 Å². The van der Waals surface area contributed by atoms with Gasteiger partial charge in [0.25, 0.3) is 15.9 Å². The summed E-state index contributed by atoms with van der Waals surface area (Å²) in [5.41, 5.74) is 6.22. The van der Waals surface area contributed by atoms with Crippen molar-refractivity contribution in [3.05, 3.63) is 47.3 Å². The topological polar surface area (TPSA) is 136 Å². The number of nitrogens with zero attached hydrogens (tertiary/aromatic N) is 2. The summed E-state index contributed by atoms with van der Waals surface area (Å²) in [5.74, 6) is -0.730. The second-order valence-electron chi connectivity index (χ2n) is 7.24. The molecule has 152 valence electrons. The fourth-order valence-corrected chi connectivity index (χ4v) is 3.66. The van der Waals surface area contributed by atoms with Gasteiger partial charge in [-0.15, -0.1) is 0 Å². The third-order valence-corrected chi connectivity index (χ3v) is 5.36. The number of primary amides is 1. The zero-order valence-electron chi connectivity index (χ0n) is 16.3. The molecule has 1 heterocycles. The number of hydrogen-bond acceptors (Lipinski definition) is 5. The van der Waals surface area contributed by atoms with E-state index in [-0.39, 0.29) is 22.5 Å². The molecule has 0 aliphatic heterocycles. The Labute approximate surface area is 164 Å². The number of benzene rings is 1. The van der Waals surface area contributed by atoms with E-state index < -0.39 is 22.0 Å². The number of rotatable bonds is 6. The molecule has 2 rings (SSSR count). The molecule has 0 bridgehead atoms. The third kappa shape index (κ3) is 4.89. The van der Waals surface area contributed by atoms with Gasteiger partial charge in [-0.05, 0) is 44.9 Å². The molecule has 0 aliphatic rings. The van der Waals surface area contributed by atoms with E-state index in [0.29, 0.717) is 17.7 Å². The van der Waals surface area contributed by atoms with Gasteiger partial charge in [-0.25, -0.2) is 17.9 Å².